The summed E-state index contributed by atoms with van der Waals surface area (Å²) in [5, 5.41) is 2.39. The molecule has 0 fully saturated rings. The fourth-order valence-electron chi connectivity index (χ4n) is 2.95. The summed E-state index contributed by atoms with van der Waals surface area (Å²) in [6.07, 6.45) is -20.1. The second-order valence-electron chi connectivity index (χ2n) is 6.65. The molecule has 0 unspecified atom stereocenters. The second kappa shape index (κ2) is 8.91. The number of halogens is 12. The minimum absolute atomic E-state index is 0.0697. The number of hydrogen-bond acceptors (Lipinski definition) is 2. The van der Waals surface area contributed by atoms with Crippen LogP contribution in [0.2, 0.25) is 0 Å². The van der Waals surface area contributed by atoms with Crippen LogP contribution in [0.1, 0.15) is 27.0 Å². The Morgan fingerprint density at radius 3 is 1.94 bits per heavy atom. The van der Waals surface area contributed by atoms with Crippen molar-refractivity contribution in [3.05, 3.63) is 62.0 Å². The first-order chi connectivity index (χ1) is 14.9. The topological polar surface area (TPSA) is 29.1 Å². The number of carbonyl (C=O) groups is 1. The fraction of sp³-hybridized carbons (Fsp3) is 0.316. The highest BCUT2D eigenvalue weighted by Crippen LogP contribution is 2.54. The third kappa shape index (κ3) is 5.04. The lowest BCUT2D eigenvalue weighted by Gasteiger charge is -2.31. The van der Waals surface area contributed by atoms with E-state index in [0.717, 1.165) is 28.7 Å². The molecular formula is C19H11F11INO. The largest absolute Gasteiger partial charge is 0.435 e. The molecule has 0 amide bonds. The highest BCUT2D eigenvalue weighted by molar-refractivity contribution is 14.1. The molecule has 14 heteroatoms. The number of ketones is 1. The molecule has 2 rings (SSSR count). The van der Waals surface area contributed by atoms with Gasteiger partial charge < -0.3 is 5.32 Å². The standard InChI is InChI=1S/C19H11F11INO/c1-32-13-4-2-3-9(15(13)20)14(33)7-10-11(17(22,23)24)5-8(6-12(10)31)16(21,18(25,26)27)19(28,29)30/h2-6,32H,7H2,1H3. The number of hydrogen-bond donors (Lipinski definition) is 1. The molecule has 0 saturated heterocycles. The zero-order valence-electron chi connectivity index (χ0n) is 16.0. The molecule has 2 aromatic rings. The molecule has 182 valence electrons. The van der Waals surface area contributed by atoms with Crippen LogP contribution in [0, 0.1) is 9.39 Å². The van der Waals surface area contributed by atoms with Crippen LogP contribution in [0.25, 0.3) is 0 Å². The summed E-state index contributed by atoms with van der Waals surface area (Å²) in [4.78, 5) is 12.5. The molecule has 33 heavy (non-hydrogen) atoms. The molecule has 0 aliphatic heterocycles. The van der Waals surface area contributed by atoms with Crippen molar-refractivity contribution in [3.8, 4) is 0 Å². The molecule has 0 aromatic heterocycles. The minimum Gasteiger partial charge on any atom is -0.386 e. The molecule has 1 N–H and O–H groups in total. The molecule has 0 atom stereocenters. The van der Waals surface area contributed by atoms with E-state index in [1.165, 1.54) is 19.2 Å². The number of rotatable bonds is 5. The summed E-state index contributed by atoms with van der Waals surface area (Å²) in [6, 6.07) is 2.64. The van der Waals surface area contributed by atoms with Crippen molar-refractivity contribution >= 4 is 34.1 Å². The van der Waals surface area contributed by atoms with E-state index in [9.17, 15) is 53.1 Å². The van der Waals surface area contributed by atoms with E-state index in [2.05, 4.69) is 5.32 Å². The van der Waals surface area contributed by atoms with Gasteiger partial charge in [0.15, 0.2) is 11.6 Å². The third-order valence-electron chi connectivity index (χ3n) is 4.59. The van der Waals surface area contributed by atoms with E-state index < -0.39 is 74.1 Å². The van der Waals surface area contributed by atoms with E-state index in [-0.39, 0.29) is 11.8 Å². The molecule has 0 saturated carbocycles. The van der Waals surface area contributed by atoms with Gasteiger partial charge in [-0.25, -0.2) is 8.78 Å². The minimum atomic E-state index is -6.63. The van der Waals surface area contributed by atoms with Crippen LogP contribution >= 0.6 is 22.6 Å². The summed E-state index contributed by atoms with van der Waals surface area (Å²) < 4.78 is 147. The lowest BCUT2D eigenvalue weighted by atomic mass is 9.89. The molecule has 2 aromatic carbocycles. The van der Waals surface area contributed by atoms with Crippen LogP contribution in [0.5, 0.6) is 0 Å². The van der Waals surface area contributed by atoms with Gasteiger partial charge in [-0.3, -0.25) is 4.79 Å². The van der Waals surface area contributed by atoms with Crippen molar-refractivity contribution in [2.75, 3.05) is 12.4 Å². The monoisotopic (exact) mass is 605 g/mol. The van der Waals surface area contributed by atoms with Crippen molar-refractivity contribution in [2.24, 2.45) is 0 Å². The summed E-state index contributed by atoms with van der Waals surface area (Å²) in [5.41, 5.74) is -12.4. The Hall–Kier alpha value is -2.13. The number of benzene rings is 2. The molecule has 0 spiro atoms. The van der Waals surface area contributed by atoms with E-state index in [1.54, 1.807) is 0 Å². The number of Topliss-reactive ketones (excluding diaryl/α,β-unsaturated/α-hetero) is 1. The Bertz CT molecular complexity index is 1040. The maximum Gasteiger partial charge on any atom is 0.435 e. The predicted molar refractivity (Wildman–Crippen MR) is 103 cm³/mol. The Balaban J connectivity index is 2.71. The van der Waals surface area contributed by atoms with E-state index in [0.29, 0.717) is 0 Å². The van der Waals surface area contributed by atoms with Crippen molar-refractivity contribution in [2.45, 2.75) is 30.6 Å². The number of nitrogens with one attached hydrogen (secondary N) is 1. The third-order valence-corrected chi connectivity index (χ3v) is 5.55. The Morgan fingerprint density at radius 1 is 0.939 bits per heavy atom. The Morgan fingerprint density at radius 2 is 1.48 bits per heavy atom. The predicted octanol–water partition coefficient (Wildman–Crippen LogP) is 7.21. The van der Waals surface area contributed by atoms with Crippen LogP contribution in [-0.4, -0.2) is 25.2 Å². The molecule has 0 bridgehead atoms. The Labute approximate surface area is 192 Å². The van der Waals surface area contributed by atoms with Crippen LogP contribution in [0.3, 0.4) is 0 Å². The van der Waals surface area contributed by atoms with Crippen molar-refractivity contribution in [3.63, 3.8) is 0 Å². The Kier molecular flexibility index (Phi) is 7.32. The van der Waals surface area contributed by atoms with Crippen LogP contribution in [0.15, 0.2) is 30.3 Å². The van der Waals surface area contributed by atoms with Gasteiger partial charge in [-0.1, -0.05) is 6.07 Å². The average Bonchev–Trinajstić information content (AvgIpc) is 2.66. The molecule has 0 aliphatic carbocycles. The normalized spacial score (nSPS) is 13.2. The zero-order valence-corrected chi connectivity index (χ0v) is 18.2. The van der Waals surface area contributed by atoms with Gasteiger partial charge >= 0.3 is 24.2 Å². The maximum absolute atomic E-state index is 14.3. The van der Waals surface area contributed by atoms with Crippen LogP contribution in [0.4, 0.5) is 54.0 Å². The first kappa shape index (κ1) is 27.1. The lowest BCUT2D eigenvalue weighted by molar-refractivity contribution is -0.348. The van der Waals surface area contributed by atoms with Gasteiger partial charge in [-0.05, 0) is 52.4 Å². The molecule has 0 radical (unpaired) electrons. The fourth-order valence-corrected chi connectivity index (χ4v) is 3.77. The summed E-state index contributed by atoms with van der Waals surface area (Å²) in [5.74, 6) is -2.36. The van der Waals surface area contributed by atoms with Crippen LogP contribution < -0.4 is 5.32 Å². The molecular weight excluding hydrogens is 594 g/mol. The summed E-state index contributed by atoms with van der Waals surface area (Å²) >= 11 is 0.964. The summed E-state index contributed by atoms with van der Waals surface area (Å²) in [6.45, 7) is 0. The lowest BCUT2D eigenvalue weighted by Crippen LogP contribution is -2.50. The van der Waals surface area contributed by atoms with Crippen LogP contribution in [-0.2, 0) is 18.3 Å². The summed E-state index contributed by atoms with van der Waals surface area (Å²) in [7, 11) is 1.29. The van der Waals surface area contributed by atoms with Gasteiger partial charge in [0.25, 0.3) is 0 Å². The van der Waals surface area contributed by atoms with E-state index in [4.69, 9.17) is 0 Å². The van der Waals surface area contributed by atoms with Gasteiger partial charge in [0.2, 0.25) is 0 Å². The average molecular weight is 605 g/mol. The molecule has 2 nitrogen and oxygen atoms in total. The maximum atomic E-state index is 14.3. The van der Waals surface area contributed by atoms with E-state index in [1.807, 2.05) is 0 Å². The van der Waals surface area contributed by atoms with E-state index >= 15 is 0 Å². The number of anilines is 1. The quantitative estimate of drug-likeness (QED) is 0.222. The highest BCUT2D eigenvalue weighted by atomic mass is 127. The zero-order chi connectivity index (χ0) is 25.6. The smallest absolute Gasteiger partial charge is 0.386 e. The number of alkyl halides is 10. The SMILES string of the molecule is CNc1cccc(C(=O)Cc2c(I)cc(C(F)(C(F)(F)F)C(F)(F)F)cc2C(F)(F)F)c1F. The van der Waals surface area contributed by atoms with Gasteiger partial charge in [0, 0.05) is 22.6 Å². The van der Waals surface area contributed by atoms with Crippen molar-refractivity contribution in [1.82, 2.24) is 0 Å². The number of carbonyl (C=O) groups excluding carboxylic acids is 1. The molecule has 0 heterocycles. The van der Waals surface area contributed by atoms with Gasteiger partial charge in [0.05, 0.1) is 16.8 Å². The van der Waals surface area contributed by atoms with Gasteiger partial charge in [0.1, 0.15) is 0 Å². The second-order valence-corrected chi connectivity index (χ2v) is 7.82. The first-order valence-corrected chi connectivity index (χ1v) is 9.66. The highest BCUT2D eigenvalue weighted by Gasteiger charge is 2.73. The first-order valence-electron chi connectivity index (χ1n) is 8.58. The van der Waals surface area contributed by atoms with Gasteiger partial charge in [-0.2, -0.15) is 39.5 Å². The molecule has 0 aliphatic rings. The van der Waals surface area contributed by atoms with Crippen molar-refractivity contribution < 1.29 is 53.1 Å². The van der Waals surface area contributed by atoms with Crippen molar-refractivity contribution in [1.29, 1.82) is 0 Å². The van der Waals surface area contributed by atoms with Gasteiger partial charge in [-0.15, -0.1) is 0 Å².